The van der Waals surface area contributed by atoms with Crippen LogP contribution in [-0.2, 0) is 70.6 Å². The second-order valence-corrected chi connectivity index (χ2v) is 7.95. The van der Waals surface area contributed by atoms with Gasteiger partial charge in [-0.05, 0) is 0 Å². The van der Waals surface area contributed by atoms with Crippen LogP contribution in [0.3, 0.4) is 0 Å². The first-order valence-corrected chi connectivity index (χ1v) is 12.4. The third-order valence-electron chi connectivity index (χ3n) is 0. The second-order valence-electron chi connectivity index (χ2n) is 1.34. The Kier molecular flexibility index (Phi) is 34.8. The fourth-order valence-corrected chi connectivity index (χ4v) is 0. The first-order valence-electron chi connectivity index (χ1n) is 2.10. The number of hydrogen-bond donors (Lipinski definition) is 7. The van der Waals surface area contributed by atoms with Gasteiger partial charge in [-0.25, -0.2) is 0 Å². The van der Waals surface area contributed by atoms with Gasteiger partial charge in [0.05, 0.1) is 0 Å². The van der Waals surface area contributed by atoms with E-state index in [1.807, 2.05) is 0 Å². The Morgan fingerprint density at radius 2 is 0.444 bits per heavy atom. The fourth-order valence-electron chi connectivity index (χ4n) is 0. The van der Waals surface area contributed by atoms with Gasteiger partial charge in [-0.2, -0.15) is 0 Å². The Labute approximate surface area is 178 Å². The molecule has 0 radical (unpaired) electrons. The predicted octanol–water partition coefficient (Wildman–Crippen LogP) is -3.90. The van der Waals surface area contributed by atoms with Gasteiger partial charge in [-0.1, -0.05) is 0 Å². The van der Waals surface area contributed by atoms with Crippen molar-refractivity contribution in [2.45, 2.75) is 0 Å². The summed E-state index contributed by atoms with van der Waals surface area (Å²) in [5.74, 6) is 0. The molecule has 18 heavy (non-hydrogen) atoms. The maximum absolute atomic E-state index is 8.85. The van der Waals surface area contributed by atoms with Crippen molar-refractivity contribution >= 4 is 0 Å². The molecule has 0 saturated carbocycles. The van der Waals surface area contributed by atoms with Gasteiger partial charge >= 0.3 is 93.2 Å². The van der Waals surface area contributed by atoms with Gasteiger partial charge in [0.2, 0.25) is 0 Å². The van der Waals surface area contributed by atoms with Crippen LogP contribution in [0.15, 0.2) is 0 Å². The van der Waals surface area contributed by atoms with Crippen LogP contribution in [0.4, 0.5) is 0 Å². The van der Waals surface area contributed by atoms with E-state index in [0.717, 1.165) is 0 Å². The van der Waals surface area contributed by atoms with Gasteiger partial charge < -0.3 is 6.15 Å². The summed E-state index contributed by atoms with van der Waals surface area (Å²) in [4.78, 5) is 0. The molecule has 0 amide bonds. The van der Waals surface area contributed by atoms with Crippen LogP contribution in [-0.4, -0.2) is 22.6 Å². The summed E-state index contributed by atoms with van der Waals surface area (Å²) >= 11 is -16.6. The summed E-state index contributed by atoms with van der Waals surface area (Å²) in [5.41, 5.74) is 0. The minimum absolute atomic E-state index is 0. The topological polar surface area (TPSA) is 259 Å². The molecule has 0 spiro atoms. The molecule has 0 rings (SSSR count). The van der Waals surface area contributed by atoms with Crippen molar-refractivity contribution in [1.29, 1.82) is 0 Å². The first kappa shape index (κ1) is 37.5. The molecule has 0 fully saturated rings. The van der Waals surface area contributed by atoms with E-state index in [2.05, 4.69) is 0 Å². The van der Waals surface area contributed by atoms with Crippen molar-refractivity contribution in [2.24, 2.45) is 0 Å². The molecule has 0 aromatic carbocycles. The van der Waals surface area contributed by atoms with Crippen LogP contribution >= 0.6 is 0 Å². The first-order chi connectivity index (χ1) is 6.00. The van der Waals surface area contributed by atoms with E-state index in [9.17, 15) is 0 Å². The summed E-state index contributed by atoms with van der Waals surface area (Å²) in [5, 5.41) is 0. The Morgan fingerprint density at radius 3 is 0.444 bits per heavy atom. The minimum atomic E-state index is -5.52. The zero-order valence-electron chi connectivity index (χ0n) is 8.06. The normalized spacial score (nSPS) is 9.67. The Hall–Kier alpha value is 3.34. The molecule has 0 unspecified atom stereocenters. The average molecular weight is 783 g/mol. The van der Waals surface area contributed by atoms with Crippen LogP contribution in [0.1, 0.15) is 0 Å². The van der Waals surface area contributed by atoms with Gasteiger partial charge in [-0.15, -0.1) is 0 Å². The molecule has 0 aliphatic rings. The predicted molar refractivity (Wildman–Crippen MR) is 22.5 cm³/mol. The van der Waals surface area contributed by atoms with Gasteiger partial charge in [0, 0.05) is 83.5 Å². The van der Waals surface area contributed by atoms with Crippen LogP contribution in [0.5, 0.6) is 0 Å². The molecule has 0 aliphatic carbocycles. The molecular formula is H9Ce2Mo3NO12. The van der Waals surface area contributed by atoms with Crippen molar-refractivity contribution in [3.63, 3.8) is 0 Å². The third-order valence-corrected chi connectivity index (χ3v) is 0. The molecular weight excluding hydrogens is 774 g/mol. The van der Waals surface area contributed by atoms with E-state index in [0.29, 0.717) is 0 Å². The number of rotatable bonds is 0. The van der Waals surface area contributed by atoms with E-state index < -0.39 is 50.2 Å². The summed E-state index contributed by atoms with van der Waals surface area (Å²) in [6, 6.07) is 0. The molecule has 0 bridgehead atoms. The molecule has 18 heteroatoms. The van der Waals surface area contributed by atoms with E-state index in [-0.39, 0.29) is 89.6 Å². The van der Waals surface area contributed by atoms with E-state index in [4.69, 9.17) is 42.9 Å². The van der Waals surface area contributed by atoms with E-state index >= 15 is 0 Å². The monoisotopic (exact) mass is 789 g/mol. The summed E-state index contributed by atoms with van der Waals surface area (Å²) < 4.78 is 96.0. The van der Waals surface area contributed by atoms with Crippen LogP contribution in [0.2, 0.25) is 0 Å². The Balaban J connectivity index is -0.0000000277. The third kappa shape index (κ3) is 584. The van der Waals surface area contributed by atoms with Crippen molar-refractivity contribution < 1.29 is 177 Å². The molecule has 0 heterocycles. The Morgan fingerprint density at radius 1 is 0.444 bits per heavy atom. The van der Waals surface area contributed by atoms with Gasteiger partial charge in [-0.3, -0.25) is 0 Å². The molecule has 0 saturated heterocycles. The van der Waals surface area contributed by atoms with Crippen molar-refractivity contribution in [3.8, 4) is 0 Å². The molecule has 0 aromatic rings. The standard InChI is InChI=1S/2Ce.3Mo.H3N.6H2O.6O/h;;;;;1H3;6*1H2;;;;;;/q;;3*+2;;;;;;;;;;;;;/p-6. The molecule has 0 aliphatic heterocycles. The zero-order valence-corrected chi connectivity index (χ0v) is 20.4. The maximum atomic E-state index is 8.85. The van der Waals surface area contributed by atoms with Gasteiger partial charge in [0.25, 0.3) is 0 Å². The molecule has 0 aromatic heterocycles. The summed E-state index contributed by atoms with van der Waals surface area (Å²) in [6.07, 6.45) is 0. The summed E-state index contributed by atoms with van der Waals surface area (Å²) in [7, 11) is 0. The SMILES string of the molecule is N.[Ce].[Ce].[O]=[Mo](=[O])([OH])[OH].[O]=[Mo](=[O])([OH])[OH].[O]=[Mo](=[O])([OH])[OH]. The Bertz CT molecular complexity index is 346. The zero-order chi connectivity index (χ0) is 13.5. The molecule has 0 atom stereocenters. The van der Waals surface area contributed by atoms with Crippen molar-refractivity contribution in [2.75, 3.05) is 0 Å². The van der Waals surface area contributed by atoms with Gasteiger partial charge in [0.1, 0.15) is 0 Å². The van der Waals surface area contributed by atoms with E-state index in [1.54, 1.807) is 0 Å². The number of hydrogen-bond acceptors (Lipinski definition) is 7. The molecule has 13 nitrogen and oxygen atoms in total. The van der Waals surface area contributed by atoms with Crippen LogP contribution in [0, 0.1) is 83.5 Å². The summed E-state index contributed by atoms with van der Waals surface area (Å²) in [6.45, 7) is 0. The van der Waals surface area contributed by atoms with Crippen molar-refractivity contribution in [3.05, 3.63) is 0 Å². The average Bonchev–Trinajstić information content (AvgIpc) is 1.41. The van der Waals surface area contributed by atoms with Crippen molar-refractivity contribution in [1.82, 2.24) is 6.15 Å². The quantitative estimate of drug-likeness (QED) is 0.116. The van der Waals surface area contributed by atoms with Gasteiger partial charge in [0.15, 0.2) is 0 Å². The molecule has 112 valence electrons. The van der Waals surface area contributed by atoms with Crippen LogP contribution < -0.4 is 6.15 Å². The van der Waals surface area contributed by atoms with E-state index in [1.165, 1.54) is 0 Å². The second kappa shape index (κ2) is 16.7. The molecule has 9 N–H and O–H groups in total. The fraction of sp³-hybridized carbons (Fsp3) is 0. The van der Waals surface area contributed by atoms with Crippen LogP contribution in [0.25, 0.3) is 0 Å².